The molecule has 0 spiro atoms. The molecule has 126 valence electrons. The molecule has 2 aliphatic rings. The Kier molecular flexibility index (Phi) is 4.02. The van der Waals surface area contributed by atoms with Crippen LogP contribution in [-0.4, -0.2) is 51.2 Å². The zero-order valence-corrected chi connectivity index (χ0v) is 13.6. The van der Waals surface area contributed by atoms with Crippen LogP contribution in [-0.2, 0) is 22.4 Å². The molecule has 0 saturated carbocycles. The lowest BCUT2D eigenvalue weighted by Gasteiger charge is -2.19. The summed E-state index contributed by atoms with van der Waals surface area (Å²) in [5, 5.41) is 3.81. The number of aromatic nitrogens is 3. The minimum absolute atomic E-state index is 0.105. The molecule has 0 aromatic carbocycles. The summed E-state index contributed by atoms with van der Waals surface area (Å²) in [6.45, 7) is 3.23. The van der Waals surface area contributed by atoms with Gasteiger partial charge in [0.15, 0.2) is 5.82 Å². The third kappa shape index (κ3) is 3.17. The van der Waals surface area contributed by atoms with Crippen LogP contribution >= 0.6 is 0 Å². The Hall–Kier alpha value is -2.28. The third-order valence-electron chi connectivity index (χ3n) is 4.70. The molecule has 0 unspecified atom stereocenters. The summed E-state index contributed by atoms with van der Waals surface area (Å²) < 4.78 is 11.3. The molecule has 0 N–H and O–H groups in total. The average Bonchev–Trinajstić information content (AvgIpc) is 3.23. The fraction of sp³-hybridized carbons (Fsp3) is 0.529. The number of carbonyl (C=O) groups is 1. The molecule has 2 saturated heterocycles. The maximum Gasteiger partial charge on any atom is 0.229 e. The van der Waals surface area contributed by atoms with Crippen molar-refractivity contribution in [3.05, 3.63) is 41.8 Å². The predicted molar refractivity (Wildman–Crippen MR) is 84.0 cm³/mol. The van der Waals surface area contributed by atoms with Crippen LogP contribution in [0.1, 0.15) is 23.8 Å². The summed E-state index contributed by atoms with van der Waals surface area (Å²) in [7, 11) is 0. The van der Waals surface area contributed by atoms with Crippen molar-refractivity contribution in [3.8, 4) is 0 Å². The maximum atomic E-state index is 12.4. The Morgan fingerprint density at radius 2 is 2.29 bits per heavy atom. The lowest BCUT2D eigenvalue weighted by Crippen LogP contribution is -2.33. The summed E-state index contributed by atoms with van der Waals surface area (Å²) in [6, 6.07) is 5.64. The van der Waals surface area contributed by atoms with Gasteiger partial charge in [-0.25, -0.2) is 0 Å². The number of hydrogen-bond acceptors (Lipinski definition) is 6. The van der Waals surface area contributed by atoms with E-state index in [1.165, 1.54) is 0 Å². The average molecular weight is 328 g/mol. The van der Waals surface area contributed by atoms with Crippen molar-refractivity contribution < 1.29 is 14.1 Å². The molecule has 2 fully saturated rings. The monoisotopic (exact) mass is 328 g/mol. The van der Waals surface area contributed by atoms with Crippen LogP contribution in [0.5, 0.6) is 0 Å². The van der Waals surface area contributed by atoms with Gasteiger partial charge in [-0.3, -0.25) is 9.78 Å². The minimum Gasteiger partial charge on any atom is -0.372 e. The van der Waals surface area contributed by atoms with Gasteiger partial charge in [0.1, 0.15) is 0 Å². The molecule has 0 radical (unpaired) electrons. The van der Waals surface area contributed by atoms with E-state index in [4.69, 9.17) is 9.26 Å². The second kappa shape index (κ2) is 6.32. The van der Waals surface area contributed by atoms with Crippen LogP contribution in [0, 0.1) is 12.8 Å². The summed E-state index contributed by atoms with van der Waals surface area (Å²) >= 11 is 0. The van der Waals surface area contributed by atoms with E-state index in [0.717, 1.165) is 18.7 Å². The van der Waals surface area contributed by atoms with Gasteiger partial charge in [-0.2, -0.15) is 4.98 Å². The number of rotatable bonds is 4. The van der Waals surface area contributed by atoms with Crippen molar-refractivity contribution >= 4 is 5.91 Å². The SMILES string of the molecule is Cc1noc(C[C@@H]2C[C@H]3CN(C(=O)Cc4ccccn4)C[C@H]3O2)n1. The van der Waals surface area contributed by atoms with E-state index >= 15 is 0 Å². The molecule has 2 aromatic heterocycles. The molecule has 0 aliphatic carbocycles. The molecule has 3 atom stereocenters. The largest absolute Gasteiger partial charge is 0.372 e. The van der Waals surface area contributed by atoms with Gasteiger partial charge in [0.05, 0.1) is 25.0 Å². The van der Waals surface area contributed by atoms with Crippen LogP contribution in [0.15, 0.2) is 28.9 Å². The highest BCUT2D eigenvalue weighted by Crippen LogP contribution is 2.34. The molecule has 4 heterocycles. The van der Waals surface area contributed by atoms with Crippen LogP contribution in [0.2, 0.25) is 0 Å². The van der Waals surface area contributed by atoms with Gasteiger partial charge >= 0.3 is 0 Å². The van der Waals surface area contributed by atoms with E-state index in [2.05, 4.69) is 15.1 Å². The first kappa shape index (κ1) is 15.3. The Morgan fingerprint density at radius 3 is 3.00 bits per heavy atom. The van der Waals surface area contributed by atoms with Crippen molar-refractivity contribution in [2.75, 3.05) is 13.1 Å². The number of pyridine rings is 1. The molecule has 7 nitrogen and oxygen atoms in total. The van der Waals surface area contributed by atoms with Gasteiger partial charge in [0.2, 0.25) is 11.8 Å². The van der Waals surface area contributed by atoms with E-state index < -0.39 is 0 Å². The van der Waals surface area contributed by atoms with Gasteiger partial charge < -0.3 is 14.2 Å². The highest BCUT2D eigenvalue weighted by atomic mass is 16.5. The van der Waals surface area contributed by atoms with Crippen molar-refractivity contribution in [1.29, 1.82) is 0 Å². The second-order valence-electron chi connectivity index (χ2n) is 6.53. The van der Waals surface area contributed by atoms with Crippen molar-refractivity contribution in [3.63, 3.8) is 0 Å². The summed E-state index contributed by atoms with van der Waals surface area (Å²) in [6.07, 6.45) is 3.87. The minimum atomic E-state index is 0.105. The summed E-state index contributed by atoms with van der Waals surface area (Å²) in [5.74, 6) is 1.79. The fourth-order valence-electron chi connectivity index (χ4n) is 3.58. The zero-order chi connectivity index (χ0) is 16.5. The van der Waals surface area contributed by atoms with E-state index in [1.54, 1.807) is 6.20 Å². The Labute approximate surface area is 140 Å². The lowest BCUT2D eigenvalue weighted by molar-refractivity contribution is -0.130. The lowest BCUT2D eigenvalue weighted by atomic mass is 10.0. The number of fused-ring (bicyclic) bond motifs is 1. The summed E-state index contributed by atoms with van der Waals surface area (Å²) in [4.78, 5) is 22.8. The van der Waals surface area contributed by atoms with Gasteiger partial charge in [-0.05, 0) is 25.5 Å². The van der Waals surface area contributed by atoms with E-state index in [1.807, 2.05) is 30.0 Å². The number of nitrogens with zero attached hydrogens (tertiary/aromatic N) is 4. The van der Waals surface area contributed by atoms with Crippen LogP contribution in [0.3, 0.4) is 0 Å². The smallest absolute Gasteiger partial charge is 0.229 e. The van der Waals surface area contributed by atoms with Crippen LogP contribution in [0.4, 0.5) is 0 Å². The number of carbonyl (C=O) groups excluding carboxylic acids is 1. The first-order valence-corrected chi connectivity index (χ1v) is 8.29. The molecule has 4 rings (SSSR count). The highest BCUT2D eigenvalue weighted by molar-refractivity contribution is 5.78. The normalized spacial score (nSPS) is 25.9. The van der Waals surface area contributed by atoms with Crippen LogP contribution in [0.25, 0.3) is 0 Å². The Bertz CT molecular complexity index is 704. The molecule has 24 heavy (non-hydrogen) atoms. The first-order valence-electron chi connectivity index (χ1n) is 8.29. The zero-order valence-electron chi connectivity index (χ0n) is 13.6. The highest BCUT2D eigenvalue weighted by Gasteiger charge is 2.43. The molecular weight excluding hydrogens is 308 g/mol. The fourth-order valence-corrected chi connectivity index (χ4v) is 3.58. The molecule has 7 heteroatoms. The van der Waals surface area contributed by atoms with Gasteiger partial charge in [0, 0.05) is 30.9 Å². The molecule has 0 bridgehead atoms. The third-order valence-corrected chi connectivity index (χ3v) is 4.70. The van der Waals surface area contributed by atoms with E-state index in [-0.39, 0.29) is 18.1 Å². The van der Waals surface area contributed by atoms with E-state index in [0.29, 0.717) is 37.0 Å². The first-order chi connectivity index (χ1) is 11.7. The number of aryl methyl sites for hydroxylation is 1. The van der Waals surface area contributed by atoms with Gasteiger partial charge in [-0.1, -0.05) is 11.2 Å². The molecular formula is C17H20N4O3. The quantitative estimate of drug-likeness (QED) is 0.838. The van der Waals surface area contributed by atoms with Gasteiger partial charge in [0.25, 0.3) is 0 Å². The van der Waals surface area contributed by atoms with Crippen molar-refractivity contribution in [2.45, 2.75) is 38.4 Å². The van der Waals surface area contributed by atoms with Crippen molar-refractivity contribution in [1.82, 2.24) is 20.0 Å². The van der Waals surface area contributed by atoms with Crippen molar-refractivity contribution in [2.24, 2.45) is 5.92 Å². The number of hydrogen-bond donors (Lipinski definition) is 0. The number of ether oxygens (including phenoxy) is 1. The maximum absolute atomic E-state index is 12.4. The standard InChI is InChI=1S/C17H20N4O3/c1-11-19-16(24-20-11)8-14-6-12-9-21(10-15(12)23-14)17(22)7-13-4-2-3-5-18-13/h2-5,12,14-15H,6-10H2,1H3/t12-,14-,15+/m0/s1. The number of likely N-dealkylation sites (tertiary alicyclic amines) is 1. The summed E-state index contributed by atoms with van der Waals surface area (Å²) in [5.41, 5.74) is 0.810. The topological polar surface area (TPSA) is 81.4 Å². The molecule has 2 aromatic rings. The molecule has 1 amide bonds. The van der Waals surface area contributed by atoms with Crippen LogP contribution < -0.4 is 0 Å². The van der Waals surface area contributed by atoms with E-state index in [9.17, 15) is 4.79 Å². The van der Waals surface area contributed by atoms with Gasteiger partial charge in [-0.15, -0.1) is 0 Å². The second-order valence-corrected chi connectivity index (χ2v) is 6.53. The number of amides is 1. The Balaban J connectivity index is 1.30. The molecule has 2 aliphatic heterocycles. The Morgan fingerprint density at radius 1 is 1.38 bits per heavy atom. The predicted octanol–water partition coefficient (Wildman–Crippen LogP) is 1.17.